The van der Waals surface area contributed by atoms with E-state index in [-0.39, 0.29) is 0 Å². The van der Waals surface area contributed by atoms with Gasteiger partial charge in [0.25, 0.3) is 0 Å². The predicted octanol–water partition coefficient (Wildman–Crippen LogP) is 2.60. The number of nitrogens with zero attached hydrogens (tertiary/aromatic N) is 3. The van der Waals surface area contributed by atoms with Crippen LogP contribution in [0.4, 0.5) is 5.69 Å². The normalized spacial score (nSPS) is 20.4. The average Bonchev–Trinajstić information content (AvgIpc) is 2.79. The van der Waals surface area contributed by atoms with E-state index < -0.39 is 0 Å². The topological polar surface area (TPSA) is 39.3 Å². The molecule has 2 aromatic rings. The van der Waals surface area contributed by atoms with E-state index in [9.17, 15) is 5.26 Å². The minimum absolute atomic E-state index is 0.828. The first-order valence-electron chi connectivity index (χ1n) is 11.7. The second kappa shape index (κ2) is 6.11. The predicted molar refractivity (Wildman–Crippen MR) is 117 cm³/mol. The van der Waals surface area contributed by atoms with Crippen LogP contribution in [-0.4, -0.2) is 26.2 Å². The highest BCUT2D eigenvalue weighted by molar-refractivity contribution is 5.87. The van der Waals surface area contributed by atoms with Crippen molar-refractivity contribution >= 4 is 11.3 Å². The summed E-state index contributed by atoms with van der Waals surface area (Å²) in [6, 6.07) is 7.16. The van der Waals surface area contributed by atoms with Crippen molar-refractivity contribution in [1.29, 1.82) is 5.26 Å². The molecule has 0 fully saturated rings. The van der Waals surface area contributed by atoms with Gasteiger partial charge in [-0.1, -0.05) is 0 Å². The SMILES string of the molecule is N#CC1=c2cc3c4c(c2Oc2c1cc1c5c2CCCN5CCC1)CCC[N+]=4CCC3. The average molecular weight is 397 g/mol. The van der Waals surface area contributed by atoms with Crippen LogP contribution < -0.4 is 24.8 Å². The molecule has 30 heavy (non-hydrogen) atoms. The zero-order valence-corrected chi connectivity index (χ0v) is 17.4. The van der Waals surface area contributed by atoms with Gasteiger partial charge in [-0.2, -0.15) is 5.26 Å². The molecule has 0 radical (unpaired) electrons. The molecule has 5 aliphatic rings. The smallest absolute Gasteiger partial charge is 0.210 e. The van der Waals surface area contributed by atoms with Crippen LogP contribution in [0, 0.1) is 11.3 Å². The fraction of sp³-hybridized carbons (Fsp3) is 0.462. The van der Waals surface area contributed by atoms with Crippen LogP contribution in [0.5, 0.6) is 11.5 Å². The Balaban J connectivity index is 1.59. The summed E-state index contributed by atoms with van der Waals surface area (Å²) in [5.74, 6) is 1.96. The fourth-order valence-corrected chi connectivity index (χ4v) is 6.63. The molecule has 7 rings (SSSR count). The van der Waals surface area contributed by atoms with Crippen molar-refractivity contribution in [3.8, 4) is 17.6 Å². The van der Waals surface area contributed by atoms with Crippen LogP contribution in [0.15, 0.2) is 12.1 Å². The Kier molecular flexibility index (Phi) is 3.45. The summed E-state index contributed by atoms with van der Waals surface area (Å²) in [6.07, 6.45) is 9.10. The summed E-state index contributed by atoms with van der Waals surface area (Å²) in [4.78, 5) is 2.56. The van der Waals surface area contributed by atoms with Crippen LogP contribution in [0.3, 0.4) is 0 Å². The number of benzene rings is 2. The maximum Gasteiger partial charge on any atom is 0.210 e. The van der Waals surface area contributed by atoms with Gasteiger partial charge in [0.05, 0.1) is 11.1 Å². The van der Waals surface area contributed by atoms with E-state index in [0.29, 0.717) is 0 Å². The first-order chi connectivity index (χ1) is 14.8. The Morgan fingerprint density at radius 3 is 2.50 bits per heavy atom. The number of nitriles is 1. The van der Waals surface area contributed by atoms with Crippen LogP contribution >= 0.6 is 0 Å². The number of rotatable bonds is 0. The zero-order chi connectivity index (χ0) is 19.8. The van der Waals surface area contributed by atoms with Gasteiger partial charge >= 0.3 is 0 Å². The van der Waals surface area contributed by atoms with Crippen molar-refractivity contribution in [3.63, 3.8) is 0 Å². The van der Waals surface area contributed by atoms with Crippen molar-refractivity contribution in [2.45, 2.75) is 51.4 Å². The maximum absolute atomic E-state index is 10.3. The molecule has 0 aromatic heterocycles. The fourth-order valence-electron chi connectivity index (χ4n) is 6.63. The lowest BCUT2D eigenvalue weighted by Gasteiger charge is -2.39. The first-order valence-corrected chi connectivity index (χ1v) is 11.7. The van der Waals surface area contributed by atoms with Gasteiger partial charge < -0.3 is 9.64 Å². The third-order valence-electron chi connectivity index (χ3n) is 7.80. The third-order valence-corrected chi connectivity index (χ3v) is 7.80. The summed E-state index contributed by atoms with van der Waals surface area (Å²) in [5.41, 5.74) is 8.82. The summed E-state index contributed by atoms with van der Waals surface area (Å²) in [7, 11) is 0. The number of hydrogen-bond acceptors (Lipinski definition) is 3. The number of fused-ring (bicyclic) bond motifs is 4. The van der Waals surface area contributed by atoms with Gasteiger partial charge in [0, 0.05) is 53.5 Å². The number of anilines is 1. The van der Waals surface area contributed by atoms with Crippen molar-refractivity contribution in [1.82, 2.24) is 4.58 Å². The molecule has 0 spiro atoms. The lowest BCUT2D eigenvalue weighted by atomic mass is 9.85. The Bertz CT molecular complexity index is 1290. The molecule has 4 heteroatoms. The summed E-state index contributed by atoms with van der Waals surface area (Å²) in [6.45, 7) is 4.60. The number of hydrogen-bond donors (Lipinski definition) is 0. The van der Waals surface area contributed by atoms with Gasteiger partial charge in [0.2, 0.25) is 5.36 Å². The van der Waals surface area contributed by atoms with E-state index in [2.05, 4.69) is 27.7 Å². The van der Waals surface area contributed by atoms with Crippen LogP contribution in [0.1, 0.15) is 53.5 Å². The molecular weight excluding hydrogens is 370 g/mol. The third kappa shape index (κ3) is 2.13. The first kappa shape index (κ1) is 16.9. The van der Waals surface area contributed by atoms with Crippen LogP contribution in [0.25, 0.3) is 5.57 Å². The second-order valence-corrected chi connectivity index (χ2v) is 9.46. The molecule has 0 atom stereocenters. The monoisotopic (exact) mass is 396 g/mol. The van der Waals surface area contributed by atoms with Gasteiger partial charge in [0.15, 0.2) is 0 Å². The minimum Gasteiger partial charge on any atom is -0.455 e. The molecule has 0 bridgehead atoms. The Hall–Kier alpha value is -2.80. The molecule has 0 N–H and O–H groups in total. The Morgan fingerprint density at radius 1 is 0.867 bits per heavy atom. The highest BCUT2D eigenvalue weighted by atomic mass is 16.5. The van der Waals surface area contributed by atoms with E-state index in [0.717, 1.165) is 79.7 Å². The quantitative estimate of drug-likeness (QED) is 0.643. The van der Waals surface area contributed by atoms with E-state index >= 15 is 0 Å². The number of ether oxygens (including phenoxy) is 1. The molecule has 2 aromatic carbocycles. The molecule has 5 aliphatic heterocycles. The second-order valence-electron chi connectivity index (χ2n) is 9.46. The Morgan fingerprint density at radius 2 is 1.63 bits per heavy atom. The number of aryl methyl sites for hydroxylation is 2. The van der Waals surface area contributed by atoms with Gasteiger partial charge in [-0.3, -0.25) is 0 Å². The van der Waals surface area contributed by atoms with E-state index in [1.54, 1.807) is 0 Å². The maximum atomic E-state index is 10.3. The van der Waals surface area contributed by atoms with Gasteiger partial charge in [-0.25, -0.2) is 4.58 Å². The van der Waals surface area contributed by atoms with Crippen molar-refractivity contribution in [2.24, 2.45) is 0 Å². The van der Waals surface area contributed by atoms with E-state index in [1.807, 2.05) is 0 Å². The largest absolute Gasteiger partial charge is 0.455 e. The zero-order valence-electron chi connectivity index (χ0n) is 17.4. The van der Waals surface area contributed by atoms with Crippen LogP contribution in [-0.2, 0) is 25.7 Å². The van der Waals surface area contributed by atoms with Gasteiger partial charge in [0.1, 0.15) is 30.7 Å². The highest BCUT2D eigenvalue weighted by Gasteiger charge is 2.35. The van der Waals surface area contributed by atoms with Crippen molar-refractivity contribution in [2.75, 3.05) is 31.1 Å². The minimum atomic E-state index is 0.828. The van der Waals surface area contributed by atoms with Crippen molar-refractivity contribution < 1.29 is 4.74 Å². The molecule has 4 nitrogen and oxygen atoms in total. The lowest BCUT2D eigenvalue weighted by molar-refractivity contribution is 0.431. The summed E-state index contributed by atoms with van der Waals surface area (Å²) < 4.78 is 9.38. The van der Waals surface area contributed by atoms with E-state index in [4.69, 9.17) is 4.74 Å². The summed E-state index contributed by atoms with van der Waals surface area (Å²) in [5, 5.41) is 12.7. The van der Waals surface area contributed by atoms with Crippen molar-refractivity contribution in [3.05, 3.63) is 50.5 Å². The summed E-state index contributed by atoms with van der Waals surface area (Å²) >= 11 is 0. The standard InChI is InChI=1S/C26H26N3O/c27-15-22-20-13-16-5-1-9-28-11-3-7-18(23(16)28)25(20)30-26-19-8-4-12-29-10-2-6-17(24(19)29)14-21(22)26/h13-14H,1-12H2/q+1. The highest BCUT2D eigenvalue weighted by Crippen LogP contribution is 2.47. The molecule has 0 saturated carbocycles. The molecule has 0 unspecified atom stereocenters. The molecular formula is C26H26N3O+. The molecule has 0 aliphatic carbocycles. The van der Waals surface area contributed by atoms with Gasteiger partial charge in [-0.15, -0.1) is 0 Å². The Labute approximate surface area is 176 Å². The molecule has 0 amide bonds. The van der Waals surface area contributed by atoms with Crippen LogP contribution in [0.2, 0.25) is 0 Å². The molecule has 150 valence electrons. The lowest BCUT2D eigenvalue weighted by Crippen LogP contribution is -2.45. The van der Waals surface area contributed by atoms with E-state index in [1.165, 1.54) is 59.0 Å². The molecule has 0 saturated heterocycles. The molecule has 5 heterocycles. The van der Waals surface area contributed by atoms with Gasteiger partial charge in [-0.05, 0) is 56.2 Å².